The second kappa shape index (κ2) is 6.64. The summed E-state index contributed by atoms with van der Waals surface area (Å²) >= 11 is 0. The van der Waals surface area contributed by atoms with Gasteiger partial charge in [-0.1, -0.05) is 18.2 Å². The van der Waals surface area contributed by atoms with Crippen LogP contribution in [-0.2, 0) is 6.54 Å². The van der Waals surface area contributed by atoms with E-state index in [1.54, 1.807) is 12.5 Å². The van der Waals surface area contributed by atoms with Crippen molar-refractivity contribution in [3.8, 4) is 5.82 Å². The summed E-state index contributed by atoms with van der Waals surface area (Å²) in [6.07, 6.45) is 4.85. The first kappa shape index (κ1) is 15.8. The minimum atomic E-state index is -0.258. The van der Waals surface area contributed by atoms with Crippen molar-refractivity contribution in [1.82, 2.24) is 24.8 Å². The van der Waals surface area contributed by atoms with E-state index in [9.17, 15) is 9.59 Å². The summed E-state index contributed by atoms with van der Waals surface area (Å²) in [5.41, 5.74) is 2.93. The maximum Gasteiger partial charge on any atom is 0.253 e. The lowest BCUT2D eigenvalue weighted by Gasteiger charge is -2.07. The number of aromatic nitrogens is 4. The topological polar surface area (TPSA) is 92.7 Å². The van der Waals surface area contributed by atoms with Crippen LogP contribution in [0.25, 0.3) is 16.9 Å². The van der Waals surface area contributed by atoms with Crippen LogP contribution in [0.5, 0.6) is 0 Å². The highest BCUT2D eigenvalue weighted by molar-refractivity contribution is 5.93. The molecule has 0 unspecified atom stereocenters. The highest BCUT2D eigenvalue weighted by atomic mass is 16.1. The maximum absolute atomic E-state index is 12.1. The van der Waals surface area contributed by atoms with Gasteiger partial charge in [0.05, 0.1) is 16.6 Å². The third kappa shape index (κ3) is 3.10. The predicted molar refractivity (Wildman–Crippen MR) is 97.1 cm³/mol. The summed E-state index contributed by atoms with van der Waals surface area (Å²) in [5, 5.41) is 2.80. The number of carbonyl (C=O) groups excluding carboxylic acids is 1. The Morgan fingerprint density at radius 2 is 1.96 bits per heavy atom. The fraction of sp³-hybridized carbons (Fsp3) is 0.0526. The molecule has 1 aromatic carbocycles. The molecule has 4 rings (SSSR count). The summed E-state index contributed by atoms with van der Waals surface area (Å²) in [4.78, 5) is 34.4. The first-order valence-corrected chi connectivity index (χ1v) is 8.05. The predicted octanol–water partition coefficient (Wildman–Crippen LogP) is 2.04. The first-order valence-electron chi connectivity index (χ1n) is 8.05. The van der Waals surface area contributed by atoms with Gasteiger partial charge in [-0.3, -0.25) is 14.2 Å². The molecule has 2 N–H and O–H groups in total. The number of hydrogen-bond acceptors (Lipinski definition) is 4. The number of hydrogen-bond donors (Lipinski definition) is 2. The van der Waals surface area contributed by atoms with Crippen molar-refractivity contribution in [2.45, 2.75) is 6.54 Å². The van der Waals surface area contributed by atoms with Crippen LogP contribution in [0.15, 0.2) is 72.0 Å². The summed E-state index contributed by atoms with van der Waals surface area (Å²) in [7, 11) is 0. The number of pyridine rings is 2. The molecule has 0 aliphatic carbocycles. The third-order valence-electron chi connectivity index (χ3n) is 4.01. The van der Waals surface area contributed by atoms with Gasteiger partial charge >= 0.3 is 0 Å². The van der Waals surface area contributed by atoms with Crippen LogP contribution in [0.1, 0.15) is 15.9 Å². The van der Waals surface area contributed by atoms with Gasteiger partial charge in [-0.05, 0) is 29.8 Å². The van der Waals surface area contributed by atoms with Gasteiger partial charge in [0.2, 0.25) is 5.56 Å². The Labute approximate surface area is 148 Å². The molecule has 1 amide bonds. The smallest absolute Gasteiger partial charge is 0.253 e. The van der Waals surface area contributed by atoms with Crippen molar-refractivity contribution in [3.63, 3.8) is 0 Å². The number of para-hydroxylation sites is 2. The molecule has 0 radical (unpaired) electrons. The van der Waals surface area contributed by atoms with Crippen molar-refractivity contribution in [2.24, 2.45) is 0 Å². The van der Waals surface area contributed by atoms with Crippen LogP contribution in [0.3, 0.4) is 0 Å². The van der Waals surface area contributed by atoms with Gasteiger partial charge in [0.1, 0.15) is 12.1 Å². The summed E-state index contributed by atoms with van der Waals surface area (Å²) < 4.78 is 1.91. The van der Waals surface area contributed by atoms with E-state index in [1.807, 2.05) is 41.0 Å². The van der Waals surface area contributed by atoms with E-state index in [4.69, 9.17) is 0 Å². The van der Waals surface area contributed by atoms with Gasteiger partial charge in [-0.25, -0.2) is 9.97 Å². The minimum absolute atomic E-state index is 0.242. The van der Waals surface area contributed by atoms with Gasteiger partial charge in [0.25, 0.3) is 5.91 Å². The Morgan fingerprint density at radius 3 is 2.73 bits per heavy atom. The molecular weight excluding hydrogens is 330 g/mol. The average Bonchev–Trinajstić information content (AvgIpc) is 3.11. The van der Waals surface area contributed by atoms with Crippen molar-refractivity contribution in [2.75, 3.05) is 0 Å². The van der Waals surface area contributed by atoms with E-state index < -0.39 is 0 Å². The van der Waals surface area contributed by atoms with Crippen LogP contribution in [-0.4, -0.2) is 25.4 Å². The molecule has 4 aromatic rings. The second-order valence-corrected chi connectivity index (χ2v) is 5.75. The maximum atomic E-state index is 12.1. The zero-order valence-corrected chi connectivity index (χ0v) is 13.7. The number of H-pyrrole nitrogens is 1. The van der Waals surface area contributed by atoms with Gasteiger partial charge in [0, 0.05) is 25.0 Å². The monoisotopic (exact) mass is 345 g/mol. The Bertz CT molecular complexity index is 1110. The lowest BCUT2D eigenvalue weighted by molar-refractivity contribution is 0.0950. The van der Waals surface area contributed by atoms with E-state index in [0.717, 1.165) is 22.4 Å². The van der Waals surface area contributed by atoms with Gasteiger partial charge in [-0.15, -0.1) is 0 Å². The van der Waals surface area contributed by atoms with Gasteiger partial charge in [0.15, 0.2) is 0 Å². The van der Waals surface area contributed by atoms with Gasteiger partial charge in [-0.2, -0.15) is 0 Å². The molecule has 0 saturated carbocycles. The molecule has 0 saturated heterocycles. The van der Waals surface area contributed by atoms with Crippen LogP contribution >= 0.6 is 0 Å². The molecule has 0 fully saturated rings. The van der Waals surface area contributed by atoms with E-state index in [0.29, 0.717) is 12.1 Å². The van der Waals surface area contributed by atoms with Crippen molar-refractivity contribution in [3.05, 3.63) is 88.7 Å². The number of nitrogens with zero attached hydrogens (tertiary/aromatic N) is 3. The zero-order valence-electron chi connectivity index (χ0n) is 13.7. The molecule has 0 spiro atoms. The highest BCUT2D eigenvalue weighted by Gasteiger charge is 2.07. The number of amides is 1. The number of imidazole rings is 1. The average molecular weight is 345 g/mol. The molecule has 7 nitrogen and oxygen atoms in total. The summed E-state index contributed by atoms with van der Waals surface area (Å²) in [6, 6.07) is 14.4. The van der Waals surface area contributed by atoms with Crippen LogP contribution in [0, 0.1) is 0 Å². The van der Waals surface area contributed by atoms with E-state index in [-0.39, 0.29) is 11.5 Å². The molecule has 3 aromatic heterocycles. The van der Waals surface area contributed by atoms with Crippen molar-refractivity contribution in [1.29, 1.82) is 0 Å². The Hall–Kier alpha value is -3.74. The molecule has 0 aliphatic rings. The molecule has 7 heteroatoms. The standard InChI is InChI=1S/C19H15N5O2/c25-18-8-6-14(11-21-18)19(26)22-10-13-5-7-17(20-9-13)24-12-23-15-3-1-2-4-16(15)24/h1-9,11-12H,10H2,(H,21,25)(H,22,26). The Morgan fingerprint density at radius 1 is 1.08 bits per heavy atom. The largest absolute Gasteiger partial charge is 0.348 e. The fourth-order valence-electron chi connectivity index (χ4n) is 2.64. The molecule has 0 bridgehead atoms. The molecule has 3 heterocycles. The number of nitrogens with one attached hydrogen (secondary N) is 2. The fourth-order valence-corrected chi connectivity index (χ4v) is 2.64. The van der Waals surface area contributed by atoms with Crippen molar-refractivity contribution < 1.29 is 4.79 Å². The first-order chi connectivity index (χ1) is 12.7. The normalized spacial score (nSPS) is 10.8. The zero-order chi connectivity index (χ0) is 17.9. The lowest BCUT2D eigenvalue weighted by atomic mass is 10.2. The van der Waals surface area contributed by atoms with Gasteiger partial charge < -0.3 is 10.3 Å². The molecular formula is C19H15N5O2. The number of fused-ring (bicyclic) bond motifs is 1. The Balaban J connectivity index is 1.47. The quantitative estimate of drug-likeness (QED) is 0.592. The second-order valence-electron chi connectivity index (χ2n) is 5.75. The Kier molecular flexibility index (Phi) is 4.03. The SMILES string of the molecule is O=C(NCc1ccc(-n2cnc3ccccc32)nc1)c1ccc(=O)[nH]c1. The summed E-state index contributed by atoms with van der Waals surface area (Å²) in [5.74, 6) is 0.500. The third-order valence-corrected chi connectivity index (χ3v) is 4.01. The molecule has 26 heavy (non-hydrogen) atoms. The van der Waals surface area contributed by atoms with Crippen molar-refractivity contribution >= 4 is 16.9 Å². The highest BCUT2D eigenvalue weighted by Crippen LogP contribution is 2.16. The van der Waals surface area contributed by atoms with Crippen LogP contribution < -0.4 is 10.9 Å². The molecule has 0 aliphatic heterocycles. The summed E-state index contributed by atoms with van der Waals surface area (Å²) in [6.45, 7) is 0.343. The minimum Gasteiger partial charge on any atom is -0.348 e. The van der Waals surface area contributed by atoms with E-state index in [2.05, 4.69) is 20.3 Å². The van der Waals surface area contributed by atoms with E-state index in [1.165, 1.54) is 18.3 Å². The lowest BCUT2D eigenvalue weighted by Crippen LogP contribution is -2.23. The molecule has 128 valence electrons. The number of carbonyl (C=O) groups is 1. The number of benzene rings is 1. The number of rotatable bonds is 4. The van der Waals surface area contributed by atoms with Crippen LogP contribution in [0.4, 0.5) is 0 Å². The van der Waals surface area contributed by atoms with E-state index >= 15 is 0 Å². The number of aromatic amines is 1. The van der Waals surface area contributed by atoms with Crippen LogP contribution in [0.2, 0.25) is 0 Å². The molecule has 0 atom stereocenters.